The molecule has 2 aromatic carbocycles. The highest BCUT2D eigenvalue weighted by atomic mass is 32.1. The van der Waals surface area contributed by atoms with E-state index in [-0.39, 0.29) is 33.8 Å². The molecule has 0 spiro atoms. The van der Waals surface area contributed by atoms with E-state index in [4.69, 9.17) is 0 Å². The molecule has 0 N–H and O–H groups in total. The predicted octanol–water partition coefficient (Wildman–Crippen LogP) is 3.62. The summed E-state index contributed by atoms with van der Waals surface area (Å²) in [5, 5.41) is 0. The van der Waals surface area contributed by atoms with Crippen LogP contribution in [0.5, 0.6) is 0 Å². The molecule has 3 rings (SSSR count). The Labute approximate surface area is 137 Å². The zero-order chi connectivity index (χ0) is 14.6. The highest BCUT2D eigenvalue weighted by Crippen LogP contribution is 2.38. The largest absolute Gasteiger partial charge is 0.288 e. The van der Waals surface area contributed by atoms with Crippen molar-refractivity contribution in [2.75, 3.05) is 0 Å². The smallest absolute Gasteiger partial charge is 0.196 e. The van der Waals surface area contributed by atoms with Crippen molar-refractivity contribution in [3.63, 3.8) is 0 Å². The molecule has 100 valence electrons. The van der Waals surface area contributed by atoms with Crippen LogP contribution in [0.15, 0.2) is 43.8 Å². The maximum atomic E-state index is 12.7. The maximum Gasteiger partial charge on any atom is 0.196 e. The van der Waals surface area contributed by atoms with Crippen molar-refractivity contribution in [3.05, 3.63) is 46.5 Å². The lowest BCUT2D eigenvalue weighted by Gasteiger charge is -2.22. The minimum Gasteiger partial charge on any atom is -0.288 e. The molecule has 0 aliphatic heterocycles. The first kappa shape index (κ1) is 14.1. The van der Waals surface area contributed by atoms with Crippen LogP contribution in [0, 0.1) is 0 Å². The van der Waals surface area contributed by atoms with Gasteiger partial charge in [-0.05, 0) is 24.3 Å². The SMILES string of the molecule is O=C1c2c(S)ccc(S)c2C(=O)c2c(S)ccc(S)c21. The number of rotatable bonds is 0. The van der Waals surface area contributed by atoms with Gasteiger partial charge in [0.2, 0.25) is 0 Å². The molecule has 0 atom stereocenters. The lowest BCUT2D eigenvalue weighted by atomic mass is 9.84. The van der Waals surface area contributed by atoms with Crippen LogP contribution in [-0.4, -0.2) is 11.6 Å². The summed E-state index contributed by atoms with van der Waals surface area (Å²) >= 11 is 17.1. The summed E-state index contributed by atoms with van der Waals surface area (Å²) in [4.78, 5) is 27.2. The molecule has 2 aromatic rings. The molecule has 0 bridgehead atoms. The molecule has 0 saturated heterocycles. The van der Waals surface area contributed by atoms with Gasteiger partial charge in [0.15, 0.2) is 11.6 Å². The van der Waals surface area contributed by atoms with E-state index in [9.17, 15) is 9.59 Å². The third kappa shape index (κ3) is 1.86. The summed E-state index contributed by atoms with van der Waals surface area (Å²) in [5.41, 5.74) is 1.14. The Hall–Kier alpha value is -0.820. The summed E-state index contributed by atoms with van der Waals surface area (Å²) in [5.74, 6) is -0.534. The molecule has 0 fully saturated rings. The van der Waals surface area contributed by atoms with E-state index in [0.717, 1.165) is 0 Å². The second-order valence-electron chi connectivity index (χ2n) is 4.37. The molecule has 0 radical (unpaired) electrons. The Balaban J connectivity index is 2.46. The van der Waals surface area contributed by atoms with Gasteiger partial charge in [-0.25, -0.2) is 0 Å². The number of thiol groups is 4. The quantitative estimate of drug-likeness (QED) is 0.473. The molecule has 0 aromatic heterocycles. The third-order valence-electron chi connectivity index (χ3n) is 3.23. The van der Waals surface area contributed by atoms with Crippen molar-refractivity contribution < 1.29 is 9.59 Å². The summed E-state index contributed by atoms with van der Waals surface area (Å²) in [6.45, 7) is 0. The molecule has 0 unspecified atom stereocenters. The van der Waals surface area contributed by atoms with Crippen molar-refractivity contribution in [2.24, 2.45) is 0 Å². The van der Waals surface area contributed by atoms with Crippen molar-refractivity contribution in [1.82, 2.24) is 0 Å². The second kappa shape index (κ2) is 4.87. The van der Waals surface area contributed by atoms with Gasteiger partial charge in [-0.15, -0.1) is 50.5 Å². The van der Waals surface area contributed by atoms with Gasteiger partial charge in [-0.2, -0.15) is 0 Å². The Morgan fingerprint density at radius 1 is 0.500 bits per heavy atom. The average molecular weight is 336 g/mol. The van der Waals surface area contributed by atoms with Gasteiger partial charge in [0.1, 0.15) is 0 Å². The molecule has 0 amide bonds. The third-order valence-corrected chi connectivity index (χ3v) is 4.72. The van der Waals surface area contributed by atoms with E-state index >= 15 is 0 Å². The number of carbonyl (C=O) groups is 2. The van der Waals surface area contributed by atoms with E-state index in [1.807, 2.05) is 0 Å². The number of hydrogen-bond donors (Lipinski definition) is 4. The van der Waals surface area contributed by atoms with E-state index in [2.05, 4.69) is 50.5 Å². The fourth-order valence-electron chi connectivity index (χ4n) is 2.33. The molecule has 20 heavy (non-hydrogen) atoms. The van der Waals surface area contributed by atoms with Gasteiger partial charge < -0.3 is 0 Å². The van der Waals surface area contributed by atoms with Crippen molar-refractivity contribution in [1.29, 1.82) is 0 Å². The Kier molecular flexibility index (Phi) is 3.44. The summed E-state index contributed by atoms with van der Waals surface area (Å²) in [6.07, 6.45) is 0. The van der Waals surface area contributed by atoms with Crippen LogP contribution >= 0.6 is 50.5 Å². The van der Waals surface area contributed by atoms with Crippen LogP contribution in [0.25, 0.3) is 0 Å². The van der Waals surface area contributed by atoms with E-state index in [0.29, 0.717) is 19.6 Å². The first-order chi connectivity index (χ1) is 9.43. The standard InChI is InChI=1S/C14H8O2S4/c15-13-9-5(17)1-2-6(18)10(9)14(16)12-8(20)4-3-7(19)11(12)13/h1-4,17-20H. The number of benzene rings is 2. The van der Waals surface area contributed by atoms with Crippen molar-refractivity contribution in [2.45, 2.75) is 19.6 Å². The molecule has 1 aliphatic rings. The molecule has 6 heteroatoms. The number of hydrogen-bond acceptors (Lipinski definition) is 6. The first-order valence-electron chi connectivity index (χ1n) is 5.62. The van der Waals surface area contributed by atoms with Gasteiger partial charge in [-0.1, -0.05) is 0 Å². The highest BCUT2D eigenvalue weighted by molar-refractivity contribution is 7.81. The van der Waals surface area contributed by atoms with Gasteiger partial charge in [0.05, 0.1) is 0 Å². The second-order valence-corrected chi connectivity index (χ2v) is 6.29. The zero-order valence-electron chi connectivity index (χ0n) is 9.91. The van der Waals surface area contributed by atoms with Gasteiger partial charge >= 0.3 is 0 Å². The minimum absolute atomic E-state index is 0.267. The van der Waals surface area contributed by atoms with Gasteiger partial charge in [0, 0.05) is 41.8 Å². The normalized spacial score (nSPS) is 13.2. The monoisotopic (exact) mass is 336 g/mol. The van der Waals surface area contributed by atoms with Crippen LogP contribution < -0.4 is 0 Å². The van der Waals surface area contributed by atoms with Gasteiger partial charge in [-0.3, -0.25) is 9.59 Å². The average Bonchev–Trinajstić information content (AvgIpc) is 2.41. The molecule has 0 heterocycles. The van der Waals surface area contributed by atoms with Crippen LogP contribution in [0.2, 0.25) is 0 Å². The Morgan fingerprint density at radius 3 is 0.900 bits per heavy atom. The van der Waals surface area contributed by atoms with E-state index < -0.39 is 0 Å². The van der Waals surface area contributed by atoms with Crippen LogP contribution in [0.3, 0.4) is 0 Å². The van der Waals surface area contributed by atoms with E-state index in [1.165, 1.54) is 0 Å². The first-order valence-corrected chi connectivity index (χ1v) is 7.41. The van der Waals surface area contributed by atoms with Gasteiger partial charge in [0.25, 0.3) is 0 Å². The fourth-order valence-corrected chi connectivity index (χ4v) is 3.48. The number of fused-ring (bicyclic) bond motifs is 2. The van der Waals surface area contributed by atoms with Crippen molar-refractivity contribution in [3.8, 4) is 0 Å². The highest BCUT2D eigenvalue weighted by Gasteiger charge is 2.35. The lowest BCUT2D eigenvalue weighted by Crippen LogP contribution is -2.23. The molecular formula is C14H8O2S4. The molecule has 2 nitrogen and oxygen atoms in total. The van der Waals surface area contributed by atoms with Crippen LogP contribution in [0.4, 0.5) is 0 Å². The van der Waals surface area contributed by atoms with Crippen LogP contribution in [0.1, 0.15) is 31.8 Å². The predicted molar refractivity (Wildman–Crippen MR) is 88.8 cm³/mol. The zero-order valence-corrected chi connectivity index (χ0v) is 13.5. The topological polar surface area (TPSA) is 34.1 Å². The van der Waals surface area contributed by atoms with Crippen LogP contribution in [-0.2, 0) is 0 Å². The molecule has 0 saturated carbocycles. The number of ketones is 2. The molecule has 1 aliphatic carbocycles. The van der Waals surface area contributed by atoms with Crippen molar-refractivity contribution >= 4 is 62.1 Å². The molecular weight excluding hydrogens is 328 g/mol. The Bertz CT molecular complexity index is 667. The fraction of sp³-hybridized carbons (Fsp3) is 0. The summed E-state index contributed by atoms with van der Waals surface area (Å²) < 4.78 is 0. The maximum absolute atomic E-state index is 12.7. The summed E-state index contributed by atoms with van der Waals surface area (Å²) in [6, 6.07) is 6.62. The number of carbonyl (C=O) groups excluding carboxylic acids is 2. The minimum atomic E-state index is -0.267. The van der Waals surface area contributed by atoms with E-state index in [1.54, 1.807) is 24.3 Å². The summed E-state index contributed by atoms with van der Waals surface area (Å²) in [7, 11) is 0. The lowest BCUT2D eigenvalue weighted by molar-refractivity contribution is 0.0970. The Morgan fingerprint density at radius 2 is 0.700 bits per heavy atom.